The number of nitrogens with one attached hydrogen (secondary N) is 2. The van der Waals surface area contributed by atoms with Crippen LogP contribution < -0.4 is 10.6 Å². The fraction of sp³-hybridized carbons (Fsp3) is 0.256. The minimum atomic E-state index is -5.08. The van der Waals surface area contributed by atoms with Crippen molar-refractivity contribution in [3.63, 3.8) is 0 Å². The number of hydrogen-bond acceptors (Lipinski definition) is 4. The van der Waals surface area contributed by atoms with Crippen LogP contribution in [0.1, 0.15) is 35.1 Å². The summed E-state index contributed by atoms with van der Waals surface area (Å²) in [6.45, 7) is 5.23. The van der Waals surface area contributed by atoms with Crippen molar-refractivity contribution in [3.05, 3.63) is 162 Å². The van der Waals surface area contributed by atoms with Gasteiger partial charge in [0.2, 0.25) is 0 Å². The number of anilines is 1. The number of urea groups is 1. The minimum Gasteiger partial charge on any atom is -0.475 e. The zero-order valence-electron chi connectivity index (χ0n) is 29.5. The zero-order chi connectivity index (χ0) is 37.5. The first kappa shape index (κ1) is 38.8. The van der Waals surface area contributed by atoms with E-state index in [1.54, 1.807) is 0 Å². The van der Waals surface area contributed by atoms with Crippen molar-refractivity contribution in [2.24, 2.45) is 0 Å². The third kappa shape index (κ3) is 12.6. The third-order valence-corrected chi connectivity index (χ3v) is 9.08. The molecule has 10 heteroatoms. The van der Waals surface area contributed by atoms with Crippen LogP contribution in [0.4, 0.5) is 23.7 Å². The Bertz CT molecular complexity index is 1870. The molecule has 0 unspecified atom stereocenters. The lowest BCUT2D eigenvalue weighted by Gasteiger charge is -2.38. The van der Waals surface area contributed by atoms with Crippen molar-refractivity contribution in [2.75, 3.05) is 25.0 Å². The standard InChI is InChI=1S/C41H44N4O.C2HF3O2/c46-41(43-39-20-8-3-9-21-39)45(40-23-26-44(27-24-40)31-34-14-6-2-7-15-34)32-36-17-11-19-38(29-36)37-18-10-16-35(28-37)30-42-25-22-33-12-4-1-5-13-33;3-2(4,5)1(6)7/h1-21,28-29,40,42H,22-27,30-32H2,(H,43,46);(H,6,7). The molecule has 0 saturated carbocycles. The SMILES string of the molecule is O=C(Nc1ccccc1)N(Cc1cccc(-c2cccc(CNCCc3ccccc3)c2)c1)C1CCN(Cc2ccccc2)CC1.O=C(O)C(F)(F)F. The van der Waals surface area contributed by atoms with Gasteiger partial charge in [0, 0.05) is 44.5 Å². The molecule has 0 spiro atoms. The van der Waals surface area contributed by atoms with Crippen LogP contribution in [0, 0.1) is 0 Å². The summed E-state index contributed by atoms with van der Waals surface area (Å²) in [5.41, 5.74) is 8.28. The van der Waals surface area contributed by atoms with E-state index in [2.05, 4.69) is 130 Å². The quantitative estimate of drug-likeness (QED) is 0.112. The topological polar surface area (TPSA) is 84.9 Å². The fourth-order valence-corrected chi connectivity index (χ4v) is 6.33. The molecule has 6 rings (SSSR count). The number of halogens is 3. The first-order valence-corrected chi connectivity index (χ1v) is 17.8. The highest BCUT2D eigenvalue weighted by Gasteiger charge is 2.38. The summed E-state index contributed by atoms with van der Waals surface area (Å²) in [5, 5.41) is 13.9. The molecule has 0 radical (unpaired) electrons. The average Bonchev–Trinajstić information content (AvgIpc) is 3.17. The number of benzene rings is 5. The Hall–Kier alpha value is -5.45. The number of nitrogens with zero attached hydrogens (tertiary/aromatic N) is 2. The molecule has 0 atom stereocenters. The van der Waals surface area contributed by atoms with Gasteiger partial charge in [-0.3, -0.25) is 4.90 Å². The minimum absolute atomic E-state index is 0.0401. The molecule has 2 amide bonds. The van der Waals surface area contributed by atoms with E-state index in [0.29, 0.717) is 6.54 Å². The monoisotopic (exact) mass is 722 g/mol. The van der Waals surface area contributed by atoms with Crippen LogP contribution in [-0.2, 0) is 30.8 Å². The number of rotatable bonds is 12. The van der Waals surface area contributed by atoms with E-state index in [0.717, 1.165) is 63.2 Å². The first-order valence-electron chi connectivity index (χ1n) is 17.8. The maximum absolute atomic E-state index is 13.8. The van der Waals surface area contributed by atoms with Crippen molar-refractivity contribution >= 4 is 17.7 Å². The molecule has 1 aliphatic rings. The van der Waals surface area contributed by atoms with E-state index in [1.807, 2.05) is 30.3 Å². The number of carboxylic acids is 1. The lowest BCUT2D eigenvalue weighted by atomic mass is 9.99. The van der Waals surface area contributed by atoms with Crippen LogP contribution in [-0.4, -0.2) is 58.8 Å². The summed E-state index contributed by atoms with van der Waals surface area (Å²) in [6.07, 6.45) is -2.16. The number of aliphatic carboxylic acids is 1. The Kier molecular flexibility index (Phi) is 14.2. The van der Waals surface area contributed by atoms with E-state index in [4.69, 9.17) is 9.90 Å². The highest BCUT2D eigenvalue weighted by atomic mass is 19.4. The van der Waals surface area contributed by atoms with Gasteiger partial charge in [-0.2, -0.15) is 13.2 Å². The molecule has 7 nitrogen and oxygen atoms in total. The van der Waals surface area contributed by atoms with Gasteiger partial charge in [0.1, 0.15) is 0 Å². The highest BCUT2D eigenvalue weighted by Crippen LogP contribution is 2.26. The van der Waals surface area contributed by atoms with Crippen molar-refractivity contribution < 1.29 is 27.9 Å². The van der Waals surface area contributed by atoms with Crippen LogP contribution in [0.5, 0.6) is 0 Å². The third-order valence-electron chi connectivity index (χ3n) is 9.08. The summed E-state index contributed by atoms with van der Waals surface area (Å²) >= 11 is 0. The maximum Gasteiger partial charge on any atom is 0.490 e. The Morgan fingerprint density at radius 3 is 1.79 bits per heavy atom. The fourth-order valence-electron chi connectivity index (χ4n) is 6.33. The van der Waals surface area contributed by atoms with Gasteiger partial charge in [-0.1, -0.05) is 115 Å². The highest BCUT2D eigenvalue weighted by molar-refractivity contribution is 5.89. The Morgan fingerprint density at radius 2 is 1.21 bits per heavy atom. The number of likely N-dealkylation sites (tertiary alicyclic amines) is 1. The van der Waals surface area contributed by atoms with E-state index < -0.39 is 12.1 Å². The van der Waals surface area contributed by atoms with E-state index in [-0.39, 0.29) is 12.1 Å². The molecule has 276 valence electrons. The number of amides is 2. The average molecular weight is 723 g/mol. The van der Waals surface area contributed by atoms with Gasteiger partial charge >= 0.3 is 18.2 Å². The van der Waals surface area contributed by atoms with E-state index in [9.17, 15) is 18.0 Å². The van der Waals surface area contributed by atoms with Gasteiger partial charge in [-0.25, -0.2) is 9.59 Å². The molecule has 1 saturated heterocycles. The molecule has 0 aromatic heterocycles. The van der Waals surface area contributed by atoms with Crippen LogP contribution in [0.15, 0.2) is 140 Å². The molecule has 1 heterocycles. The molecule has 53 heavy (non-hydrogen) atoms. The van der Waals surface area contributed by atoms with Crippen LogP contribution in [0.25, 0.3) is 11.1 Å². The second-order valence-electron chi connectivity index (χ2n) is 13.0. The molecule has 1 fully saturated rings. The molecule has 1 aliphatic heterocycles. The Labute approximate surface area is 309 Å². The van der Waals surface area contributed by atoms with Crippen molar-refractivity contribution in [1.82, 2.24) is 15.1 Å². The summed E-state index contributed by atoms with van der Waals surface area (Å²) in [4.78, 5) is 27.3. The van der Waals surface area contributed by atoms with Crippen molar-refractivity contribution in [2.45, 2.75) is 51.1 Å². The van der Waals surface area contributed by atoms with Crippen molar-refractivity contribution in [1.29, 1.82) is 0 Å². The number of carboxylic acid groups (broad SMARTS) is 1. The van der Waals surface area contributed by atoms with Crippen LogP contribution in [0.3, 0.4) is 0 Å². The van der Waals surface area contributed by atoms with Gasteiger partial charge in [-0.05, 0) is 83.5 Å². The number of hydrogen-bond donors (Lipinski definition) is 3. The van der Waals surface area contributed by atoms with E-state index in [1.165, 1.54) is 27.8 Å². The predicted molar refractivity (Wildman–Crippen MR) is 203 cm³/mol. The van der Waals surface area contributed by atoms with Gasteiger partial charge in [0.15, 0.2) is 0 Å². The van der Waals surface area contributed by atoms with Gasteiger partial charge in [0.25, 0.3) is 0 Å². The normalized spacial score (nSPS) is 13.4. The lowest BCUT2D eigenvalue weighted by molar-refractivity contribution is -0.192. The maximum atomic E-state index is 13.8. The molecule has 0 bridgehead atoms. The van der Waals surface area contributed by atoms with E-state index >= 15 is 0 Å². The molecule has 3 N–H and O–H groups in total. The second-order valence-corrected chi connectivity index (χ2v) is 13.0. The molecule has 0 aliphatic carbocycles. The molecule has 5 aromatic rings. The van der Waals surface area contributed by atoms with Gasteiger partial charge < -0.3 is 20.6 Å². The number of carbonyl (C=O) groups excluding carboxylic acids is 1. The number of para-hydroxylation sites is 1. The summed E-state index contributed by atoms with van der Waals surface area (Å²) in [6, 6.07) is 48.6. The Morgan fingerprint density at radius 1 is 0.698 bits per heavy atom. The summed E-state index contributed by atoms with van der Waals surface area (Å²) in [5.74, 6) is -2.76. The first-order chi connectivity index (χ1) is 25.6. The smallest absolute Gasteiger partial charge is 0.475 e. The number of carbonyl (C=O) groups is 2. The molecular formula is C43H45F3N4O3. The summed E-state index contributed by atoms with van der Waals surface area (Å²) < 4.78 is 31.7. The molecular weight excluding hydrogens is 677 g/mol. The van der Waals surface area contributed by atoms with Gasteiger partial charge in [-0.15, -0.1) is 0 Å². The predicted octanol–water partition coefficient (Wildman–Crippen LogP) is 9.02. The van der Waals surface area contributed by atoms with Crippen LogP contribution >= 0.6 is 0 Å². The Balaban J connectivity index is 0.000000705. The van der Waals surface area contributed by atoms with Crippen LogP contribution in [0.2, 0.25) is 0 Å². The second kappa shape index (κ2) is 19.4. The van der Waals surface area contributed by atoms with Gasteiger partial charge in [0.05, 0.1) is 0 Å². The lowest BCUT2D eigenvalue weighted by Crippen LogP contribution is -2.48. The largest absolute Gasteiger partial charge is 0.490 e. The number of alkyl halides is 3. The molecule has 5 aromatic carbocycles. The summed E-state index contributed by atoms with van der Waals surface area (Å²) in [7, 11) is 0. The zero-order valence-corrected chi connectivity index (χ0v) is 29.5. The number of piperidine rings is 1. The van der Waals surface area contributed by atoms with Crippen molar-refractivity contribution in [3.8, 4) is 11.1 Å².